The zero-order chi connectivity index (χ0) is 19.7. The van der Waals surface area contributed by atoms with Crippen molar-refractivity contribution < 1.29 is 18.0 Å². The Morgan fingerprint density at radius 2 is 1.64 bits per heavy atom. The van der Waals surface area contributed by atoms with Gasteiger partial charge in [-0.15, -0.1) is 0 Å². The minimum Gasteiger partial charge on any atom is -0.326 e. The van der Waals surface area contributed by atoms with Crippen LogP contribution in [0.25, 0.3) is 10.8 Å². The number of hydrogen-bond acceptors (Lipinski definition) is 4. The number of carbonyl (C=O) groups excluding carboxylic acids is 2. The molecule has 3 aromatic carbocycles. The summed E-state index contributed by atoms with van der Waals surface area (Å²) in [6, 6.07) is 19.5. The molecule has 3 aromatic rings. The summed E-state index contributed by atoms with van der Waals surface area (Å²) in [5, 5.41) is 4.82. The topological polar surface area (TPSA) is 83.6 Å². The van der Waals surface area contributed by atoms with Gasteiger partial charge in [0, 0.05) is 24.0 Å². The summed E-state index contributed by atoms with van der Waals surface area (Å²) < 4.78 is 25.9. The van der Waals surface area contributed by atoms with Crippen LogP contribution in [0.5, 0.6) is 0 Å². The Labute approximate surface area is 162 Å². The van der Waals surface area contributed by atoms with Crippen LogP contribution < -0.4 is 5.32 Å². The Kier molecular flexibility index (Phi) is 4.60. The highest BCUT2D eigenvalue weighted by Crippen LogP contribution is 2.30. The number of anilines is 1. The van der Waals surface area contributed by atoms with Crippen molar-refractivity contribution in [3.05, 3.63) is 72.3 Å². The maximum absolute atomic E-state index is 12.5. The van der Waals surface area contributed by atoms with Gasteiger partial charge >= 0.3 is 0 Å². The quantitative estimate of drug-likeness (QED) is 0.719. The summed E-state index contributed by atoms with van der Waals surface area (Å²) in [4.78, 5) is 24.7. The van der Waals surface area contributed by atoms with Crippen molar-refractivity contribution in [2.75, 3.05) is 11.9 Å². The van der Waals surface area contributed by atoms with Crippen molar-refractivity contribution in [2.45, 2.75) is 17.7 Å². The fourth-order valence-corrected chi connectivity index (χ4v) is 4.99. The molecule has 1 heterocycles. The molecule has 0 aromatic heterocycles. The number of nitrogens with one attached hydrogen (secondary N) is 1. The largest absolute Gasteiger partial charge is 0.326 e. The van der Waals surface area contributed by atoms with Crippen LogP contribution in [0.1, 0.15) is 23.2 Å². The molecule has 1 aliphatic rings. The maximum atomic E-state index is 12.5. The highest BCUT2D eigenvalue weighted by atomic mass is 32.2. The Bertz CT molecular complexity index is 1180. The van der Waals surface area contributed by atoms with Gasteiger partial charge in [0.25, 0.3) is 15.9 Å². The lowest BCUT2D eigenvalue weighted by molar-refractivity contribution is -0.116. The summed E-state index contributed by atoms with van der Waals surface area (Å²) in [7, 11) is -3.83. The summed E-state index contributed by atoms with van der Waals surface area (Å²) >= 11 is 0. The predicted molar refractivity (Wildman–Crippen MR) is 106 cm³/mol. The first-order chi connectivity index (χ1) is 13.5. The molecule has 0 radical (unpaired) electrons. The number of amides is 2. The molecular weight excluding hydrogens is 376 g/mol. The van der Waals surface area contributed by atoms with E-state index >= 15 is 0 Å². The van der Waals surface area contributed by atoms with Gasteiger partial charge < -0.3 is 5.32 Å². The van der Waals surface area contributed by atoms with Crippen LogP contribution in [0.4, 0.5) is 5.69 Å². The van der Waals surface area contributed by atoms with E-state index in [9.17, 15) is 18.0 Å². The number of rotatable bonds is 5. The van der Waals surface area contributed by atoms with E-state index in [1.165, 1.54) is 12.1 Å². The second kappa shape index (κ2) is 7.09. The monoisotopic (exact) mass is 394 g/mol. The van der Waals surface area contributed by atoms with E-state index in [2.05, 4.69) is 5.32 Å². The Morgan fingerprint density at radius 1 is 0.929 bits per heavy atom. The first kappa shape index (κ1) is 18.2. The van der Waals surface area contributed by atoms with E-state index < -0.39 is 15.9 Å². The third-order valence-electron chi connectivity index (χ3n) is 4.74. The minimum absolute atomic E-state index is 0.0280. The van der Waals surface area contributed by atoms with Gasteiger partial charge in [0.15, 0.2) is 0 Å². The molecular formula is C21H18N2O4S. The van der Waals surface area contributed by atoms with E-state index in [-0.39, 0.29) is 35.8 Å². The zero-order valence-corrected chi connectivity index (χ0v) is 15.8. The van der Waals surface area contributed by atoms with Gasteiger partial charge in [0.05, 0.1) is 5.56 Å². The highest BCUT2D eigenvalue weighted by molar-refractivity contribution is 7.90. The lowest BCUT2D eigenvalue weighted by Crippen LogP contribution is -2.31. The van der Waals surface area contributed by atoms with E-state index in [1.807, 2.05) is 42.5 Å². The van der Waals surface area contributed by atoms with Gasteiger partial charge in [-0.2, -0.15) is 0 Å². The minimum atomic E-state index is -3.83. The van der Waals surface area contributed by atoms with E-state index in [4.69, 9.17) is 0 Å². The average Bonchev–Trinajstić information content (AvgIpc) is 2.89. The first-order valence-corrected chi connectivity index (χ1v) is 10.4. The van der Waals surface area contributed by atoms with Crippen molar-refractivity contribution in [2.24, 2.45) is 0 Å². The van der Waals surface area contributed by atoms with Crippen LogP contribution in [-0.2, 0) is 14.8 Å². The standard InChI is InChI=1S/C21H18N2O4S/c24-20(22-18-11-5-8-15-7-1-2-9-16(15)18)13-6-14-23-21(25)17-10-3-4-12-19(17)28(23,26)27/h1-5,7-12H,6,13-14H2,(H,22,24). The second-order valence-corrected chi connectivity index (χ2v) is 8.39. The third-order valence-corrected chi connectivity index (χ3v) is 6.58. The van der Waals surface area contributed by atoms with Gasteiger partial charge in [-0.3, -0.25) is 9.59 Å². The first-order valence-electron chi connectivity index (χ1n) is 8.92. The highest BCUT2D eigenvalue weighted by Gasteiger charge is 2.40. The fourth-order valence-electron chi connectivity index (χ4n) is 3.38. The molecule has 1 aliphatic heterocycles. The number of benzene rings is 3. The molecule has 0 aliphatic carbocycles. The molecule has 0 saturated heterocycles. The zero-order valence-electron chi connectivity index (χ0n) is 15.0. The fraction of sp³-hybridized carbons (Fsp3) is 0.143. The van der Waals surface area contributed by atoms with Crippen LogP contribution >= 0.6 is 0 Å². The molecule has 4 rings (SSSR count). The summed E-state index contributed by atoms with van der Waals surface area (Å²) in [5.41, 5.74) is 0.892. The van der Waals surface area contributed by atoms with Crippen LogP contribution in [0.3, 0.4) is 0 Å². The Hall–Kier alpha value is -3.19. The number of hydrogen-bond donors (Lipinski definition) is 1. The van der Waals surface area contributed by atoms with Crippen molar-refractivity contribution >= 4 is 38.3 Å². The molecule has 6 nitrogen and oxygen atoms in total. The predicted octanol–water partition coefficient (Wildman–Crippen LogP) is 3.40. The molecule has 142 valence electrons. The second-order valence-electron chi connectivity index (χ2n) is 6.56. The van der Waals surface area contributed by atoms with Gasteiger partial charge in [-0.05, 0) is 30.0 Å². The van der Waals surface area contributed by atoms with Crippen molar-refractivity contribution in [1.29, 1.82) is 0 Å². The van der Waals surface area contributed by atoms with Crippen molar-refractivity contribution in [3.63, 3.8) is 0 Å². The number of carbonyl (C=O) groups is 2. The van der Waals surface area contributed by atoms with E-state index in [0.717, 1.165) is 15.1 Å². The molecule has 1 N–H and O–H groups in total. The van der Waals surface area contributed by atoms with Gasteiger partial charge in [0.1, 0.15) is 4.90 Å². The third kappa shape index (κ3) is 3.14. The van der Waals surface area contributed by atoms with Crippen molar-refractivity contribution in [3.8, 4) is 0 Å². The van der Waals surface area contributed by atoms with Crippen LogP contribution in [-0.4, -0.2) is 31.1 Å². The molecule has 0 unspecified atom stereocenters. The van der Waals surface area contributed by atoms with Crippen LogP contribution in [0.15, 0.2) is 71.6 Å². The van der Waals surface area contributed by atoms with Gasteiger partial charge in [-0.25, -0.2) is 12.7 Å². The molecule has 0 bridgehead atoms. The Morgan fingerprint density at radius 3 is 2.46 bits per heavy atom. The molecule has 28 heavy (non-hydrogen) atoms. The van der Waals surface area contributed by atoms with E-state index in [0.29, 0.717) is 5.69 Å². The van der Waals surface area contributed by atoms with Crippen molar-refractivity contribution in [1.82, 2.24) is 4.31 Å². The number of fused-ring (bicyclic) bond motifs is 2. The average molecular weight is 394 g/mol. The number of nitrogens with zero attached hydrogens (tertiary/aromatic N) is 1. The lowest BCUT2D eigenvalue weighted by atomic mass is 10.1. The molecule has 0 saturated carbocycles. The molecule has 0 atom stereocenters. The Balaban J connectivity index is 1.41. The summed E-state index contributed by atoms with van der Waals surface area (Å²) in [5.74, 6) is -0.761. The summed E-state index contributed by atoms with van der Waals surface area (Å²) in [6.07, 6.45) is 0.356. The summed E-state index contributed by atoms with van der Waals surface area (Å²) in [6.45, 7) is -0.0290. The molecule has 7 heteroatoms. The molecule has 0 fully saturated rings. The number of sulfonamides is 1. The normalized spacial score (nSPS) is 14.9. The van der Waals surface area contributed by atoms with Gasteiger partial charge in [-0.1, -0.05) is 48.5 Å². The smallest absolute Gasteiger partial charge is 0.269 e. The van der Waals surface area contributed by atoms with Crippen LogP contribution in [0.2, 0.25) is 0 Å². The maximum Gasteiger partial charge on any atom is 0.269 e. The lowest BCUT2D eigenvalue weighted by Gasteiger charge is -2.15. The molecule has 2 amide bonds. The van der Waals surface area contributed by atoms with Gasteiger partial charge in [0.2, 0.25) is 5.91 Å². The molecule has 0 spiro atoms. The SMILES string of the molecule is O=C(CCCN1C(=O)c2ccccc2S1(=O)=O)Nc1cccc2ccccc12. The van der Waals surface area contributed by atoms with Crippen LogP contribution in [0, 0.1) is 0 Å². The van der Waals surface area contributed by atoms with E-state index in [1.54, 1.807) is 12.1 Å².